The van der Waals surface area contributed by atoms with E-state index in [0.29, 0.717) is 25.9 Å². The summed E-state index contributed by atoms with van der Waals surface area (Å²) in [6.07, 6.45) is 5.48. The number of alkyl carbamates (subject to hydrolysis) is 1. The lowest BCUT2D eigenvalue weighted by Gasteiger charge is -2.07. The van der Waals surface area contributed by atoms with Crippen molar-refractivity contribution < 1.29 is 23.9 Å². The average molecular weight is 392 g/mol. The smallest absolute Gasteiger partial charge is 0.407 e. The Morgan fingerprint density at radius 3 is 2.14 bits per heavy atom. The van der Waals surface area contributed by atoms with Gasteiger partial charge in [-0.25, -0.2) is 4.79 Å². The van der Waals surface area contributed by atoms with Gasteiger partial charge in [0.25, 0.3) is 0 Å². The van der Waals surface area contributed by atoms with Crippen LogP contribution in [0.15, 0.2) is 30.3 Å². The van der Waals surface area contributed by atoms with E-state index in [1.165, 1.54) is 7.11 Å². The van der Waals surface area contributed by atoms with E-state index in [1.807, 2.05) is 30.3 Å². The second kappa shape index (κ2) is 15.5. The molecule has 0 aliphatic rings. The Labute approximate surface area is 167 Å². The van der Waals surface area contributed by atoms with Crippen molar-refractivity contribution in [1.29, 1.82) is 0 Å². The molecule has 1 rings (SSSR count). The number of rotatable bonds is 14. The number of carbonyl (C=O) groups excluding carboxylic acids is 3. The van der Waals surface area contributed by atoms with Crippen LogP contribution in [-0.4, -0.2) is 38.2 Å². The Morgan fingerprint density at radius 1 is 0.821 bits per heavy atom. The molecule has 7 heteroatoms. The lowest BCUT2D eigenvalue weighted by molar-refractivity contribution is -0.140. The fraction of sp³-hybridized carbons (Fsp3) is 0.571. The van der Waals surface area contributed by atoms with Crippen LogP contribution in [-0.2, 0) is 25.7 Å². The van der Waals surface area contributed by atoms with E-state index in [9.17, 15) is 14.4 Å². The first kappa shape index (κ1) is 23.5. The summed E-state index contributed by atoms with van der Waals surface area (Å²) in [5.74, 6) is -0.147. The highest BCUT2D eigenvalue weighted by atomic mass is 16.5. The molecule has 156 valence electrons. The average Bonchev–Trinajstić information content (AvgIpc) is 2.72. The lowest BCUT2D eigenvalue weighted by Crippen LogP contribution is -2.25. The van der Waals surface area contributed by atoms with Gasteiger partial charge in [-0.3, -0.25) is 9.59 Å². The largest absolute Gasteiger partial charge is 0.469 e. The molecule has 0 aliphatic heterocycles. The van der Waals surface area contributed by atoms with Crippen molar-refractivity contribution in [3.05, 3.63) is 35.9 Å². The number of hydrogen-bond acceptors (Lipinski definition) is 5. The summed E-state index contributed by atoms with van der Waals surface area (Å²) in [5.41, 5.74) is 0.951. The van der Waals surface area contributed by atoms with E-state index in [1.54, 1.807) is 0 Å². The molecular formula is C21H32N2O5. The number of carbonyl (C=O) groups is 3. The van der Waals surface area contributed by atoms with Crippen molar-refractivity contribution in [2.45, 2.75) is 58.0 Å². The Kier molecular flexibility index (Phi) is 13.0. The van der Waals surface area contributed by atoms with E-state index >= 15 is 0 Å². The third-order valence-electron chi connectivity index (χ3n) is 4.17. The Balaban J connectivity index is 1.89. The van der Waals surface area contributed by atoms with E-state index in [0.717, 1.165) is 44.1 Å². The minimum absolute atomic E-state index is 0.0446. The number of ether oxygens (including phenoxy) is 2. The summed E-state index contributed by atoms with van der Waals surface area (Å²) in [6.45, 7) is 1.43. The molecular weight excluding hydrogens is 360 g/mol. The summed E-state index contributed by atoms with van der Waals surface area (Å²) in [5, 5.41) is 5.59. The van der Waals surface area contributed by atoms with Gasteiger partial charge in [0.15, 0.2) is 0 Å². The predicted molar refractivity (Wildman–Crippen MR) is 107 cm³/mol. The fourth-order valence-electron chi connectivity index (χ4n) is 2.54. The van der Waals surface area contributed by atoms with Crippen LogP contribution in [0.5, 0.6) is 0 Å². The van der Waals surface area contributed by atoms with Crippen LogP contribution in [0.1, 0.15) is 56.9 Å². The molecule has 2 amide bonds. The number of hydrogen-bond donors (Lipinski definition) is 2. The van der Waals surface area contributed by atoms with Gasteiger partial charge in [-0.2, -0.15) is 0 Å². The quantitative estimate of drug-likeness (QED) is 0.374. The van der Waals surface area contributed by atoms with Crippen molar-refractivity contribution in [3.63, 3.8) is 0 Å². The molecule has 1 aromatic rings. The maximum absolute atomic E-state index is 11.7. The van der Waals surface area contributed by atoms with E-state index in [2.05, 4.69) is 15.4 Å². The SMILES string of the molecule is COC(=O)CCCCCNC(=O)CCCCCNC(=O)OCc1ccccc1. The van der Waals surface area contributed by atoms with E-state index in [4.69, 9.17) is 4.74 Å². The van der Waals surface area contributed by atoms with Gasteiger partial charge in [0, 0.05) is 25.9 Å². The fourth-order valence-corrected chi connectivity index (χ4v) is 2.54. The highest BCUT2D eigenvalue weighted by Crippen LogP contribution is 2.03. The number of nitrogens with one attached hydrogen (secondary N) is 2. The van der Waals surface area contributed by atoms with Crippen molar-refractivity contribution in [2.75, 3.05) is 20.2 Å². The van der Waals surface area contributed by atoms with Crippen LogP contribution in [0, 0.1) is 0 Å². The second-order valence-corrected chi connectivity index (χ2v) is 6.54. The molecule has 1 aromatic carbocycles. The Hall–Kier alpha value is -2.57. The maximum Gasteiger partial charge on any atom is 0.407 e. The molecule has 0 aliphatic carbocycles. The third-order valence-corrected chi connectivity index (χ3v) is 4.17. The molecule has 0 radical (unpaired) electrons. The van der Waals surface area contributed by atoms with E-state index < -0.39 is 6.09 Å². The normalized spacial score (nSPS) is 10.2. The molecule has 0 heterocycles. The van der Waals surface area contributed by atoms with Gasteiger partial charge in [0.05, 0.1) is 7.11 Å². The predicted octanol–water partition coefficient (Wildman–Crippen LogP) is 3.32. The second-order valence-electron chi connectivity index (χ2n) is 6.54. The van der Waals surface area contributed by atoms with Crippen LogP contribution >= 0.6 is 0 Å². The summed E-state index contributed by atoms with van der Waals surface area (Å²) in [7, 11) is 1.39. The van der Waals surface area contributed by atoms with Gasteiger partial charge in [-0.1, -0.05) is 43.2 Å². The molecule has 0 saturated carbocycles. The molecule has 28 heavy (non-hydrogen) atoms. The van der Waals surface area contributed by atoms with E-state index in [-0.39, 0.29) is 18.5 Å². The molecule has 0 saturated heterocycles. The zero-order valence-electron chi connectivity index (χ0n) is 16.7. The summed E-state index contributed by atoms with van der Waals surface area (Å²) in [6, 6.07) is 9.52. The highest BCUT2D eigenvalue weighted by molar-refractivity contribution is 5.75. The van der Waals surface area contributed by atoms with Gasteiger partial charge >= 0.3 is 12.1 Å². The standard InChI is InChI=1S/C21H32N2O5/c1-27-20(25)14-8-4-9-15-22-19(24)13-7-3-10-16-23-21(26)28-17-18-11-5-2-6-12-18/h2,5-6,11-12H,3-4,7-10,13-17H2,1H3,(H,22,24)(H,23,26). The first-order valence-corrected chi connectivity index (χ1v) is 9.90. The molecule has 0 atom stereocenters. The van der Waals surface area contributed by atoms with Crippen LogP contribution in [0.25, 0.3) is 0 Å². The van der Waals surface area contributed by atoms with Gasteiger partial charge in [0.1, 0.15) is 6.61 Å². The number of amides is 2. The van der Waals surface area contributed by atoms with Crippen molar-refractivity contribution in [2.24, 2.45) is 0 Å². The summed E-state index contributed by atoms with van der Waals surface area (Å²) in [4.78, 5) is 34.3. The lowest BCUT2D eigenvalue weighted by atomic mass is 10.1. The molecule has 0 bridgehead atoms. The maximum atomic E-state index is 11.7. The number of unbranched alkanes of at least 4 members (excludes halogenated alkanes) is 4. The van der Waals surface area contributed by atoms with Gasteiger partial charge in [-0.05, 0) is 31.2 Å². The molecule has 0 spiro atoms. The molecule has 0 fully saturated rings. The minimum Gasteiger partial charge on any atom is -0.469 e. The van der Waals surface area contributed by atoms with Crippen LogP contribution < -0.4 is 10.6 Å². The van der Waals surface area contributed by atoms with Crippen LogP contribution in [0.2, 0.25) is 0 Å². The zero-order valence-corrected chi connectivity index (χ0v) is 16.7. The Bertz CT molecular complexity index is 577. The highest BCUT2D eigenvalue weighted by Gasteiger charge is 2.04. The van der Waals surface area contributed by atoms with Crippen LogP contribution in [0.4, 0.5) is 4.79 Å². The number of methoxy groups -OCH3 is 1. The van der Waals surface area contributed by atoms with Crippen molar-refractivity contribution >= 4 is 18.0 Å². The number of benzene rings is 1. The summed E-state index contributed by atoms with van der Waals surface area (Å²) < 4.78 is 9.70. The molecule has 0 unspecified atom stereocenters. The van der Waals surface area contributed by atoms with Gasteiger partial charge < -0.3 is 20.1 Å². The van der Waals surface area contributed by atoms with Crippen molar-refractivity contribution in [1.82, 2.24) is 10.6 Å². The van der Waals surface area contributed by atoms with Crippen LogP contribution in [0.3, 0.4) is 0 Å². The monoisotopic (exact) mass is 392 g/mol. The Morgan fingerprint density at radius 2 is 1.46 bits per heavy atom. The van der Waals surface area contributed by atoms with Crippen molar-refractivity contribution in [3.8, 4) is 0 Å². The minimum atomic E-state index is -0.422. The van der Waals surface area contributed by atoms with Gasteiger partial charge in [0.2, 0.25) is 5.91 Å². The summed E-state index contributed by atoms with van der Waals surface area (Å²) >= 11 is 0. The zero-order chi connectivity index (χ0) is 20.5. The first-order chi connectivity index (χ1) is 13.6. The molecule has 7 nitrogen and oxygen atoms in total. The molecule has 2 N–H and O–H groups in total. The topological polar surface area (TPSA) is 93.7 Å². The number of esters is 1. The molecule has 0 aromatic heterocycles. The van der Waals surface area contributed by atoms with Gasteiger partial charge in [-0.15, -0.1) is 0 Å². The third kappa shape index (κ3) is 12.7. The first-order valence-electron chi connectivity index (χ1n) is 9.90.